The van der Waals surface area contributed by atoms with Crippen molar-refractivity contribution in [3.63, 3.8) is 0 Å². The van der Waals surface area contributed by atoms with Crippen molar-refractivity contribution in [1.82, 2.24) is 15.4 Å². The molecule has 0 bridgehead atoms. The van der Waals surface area contributed by atoms with Gasteiger partial charge in [-0.05, 0) is 24.5 Å². The molecule has 0 fully saturated rings. The molecule has 0 saturated carbocycles. The molecule has 0 atom stereocenters. The third-order valence-electron chi connectivity index (χ3n) is 1.16. The van der Waals surface area contributed by atoms with Crippen LogP contribution in [0.5, 0.6) is 0 Å². The molecule has 0 aliphatic carbocycles. The van der Waals surface area contributed by atoms with Crippen LogP contribution >= 0.6 is 0 Å². The Balaban J connectivity index is 2.83. The highest BCUT2D eigenvalue weighted by molar-refractivity contribution is 5.73. The van der Waals surface area contributed by atoms with E-state index in [-0.39, 0.29) is 28.7 Å². The summed E-state index contributed by atoms with van der Waals surface area (Å²) < 4.78 is 36.8. The van der Waals surface area contributed by atoms with Crippen LogP contribution in [-0.4, -0.2) is 15.4 Å². The molecular formula is C7H7N3. The fourth-order valence-electron chi connectivity index (χ4n) is 0.727. The van der Waals surface area contributed by atoms with E-state index in [1.165, 1.54) is 0 Å². The van der Waals surface area contributed by atoms with Gasteiger partial charge in [-0.2, -0.15) is 0 Å². The number of benzene rings is 1. The third-order valence-corrected chi connectivity index (χ3v) is 1.16. The smallest absolute Gasteiger partial charge is 0.112 e. The number of hydrogen-bond donors (Lipinski definition) is 1. The number of aryl methyl sites for hydroxylation is 1. The van der Waals surface area contributed by atoms with E-state index >= 15 is 0 Å². The zero-order chi connectivity index (χ0) is 11.2. The van der Waals surface area contributed by atoms with E-state index in [0.29, 0.717) is 0 Å². The molecule has 1 N–H and O–H groups in total. The minimum absolute atomic E-state index is 0.0409. The van der Waals surface area contributed by atoms with E-state index in [9.17, 15) is 0 Å². The third kappa shape index (κ3) is 0.673. The van der Waals surface area contributed by atoms with E-state index < -0.39 is 6.85 Å². The van der Waals surface area contributed by atoms with Gasteiger partial charge in [0, 0.05) is 4.11 Å². The highest BCUT2D eigenvalue weighted by Gasteiger charge is 1.93. The van der Waals surface area contributed by atoms with Gasteiger partial charge in [0.1, 0.15) is 5.52 Å². The lowest BCUT2D eigenvalue weighted by atomic mass is 10.2. The molecule has 1 aromatic heterocycles. The zero-order valence-electron chi connectivity index (χ0n) is 9.97. The minimum Gasteiger partial charge on any atom is -0.258 e. The first-order valence-electron chi connectivity index (χ1n) is 5.22. The first kappa shape index (κ1) is 2.34. The molecule has 1 aromatic carbocycles. The number of fused-ring (bicyclic) bond motifs is 1. The number of nitrogens with zero attached hydrogens (tertiary/aromatic N) is 2. The van der Waals surface area contributed by atoms with E-state index in [0.717, 1.165) is 6.07 Å². The van der Waals surface area contributed by atoms with E-state index in [1.807, 2.05) is 0 Å². The molecular weight excluding hydrogens is 126 g/mol. The van der Waals surface area contributed by atoms with Crippen LogP contribution in [-0.2, 0) is 0 Å². The van der Waals surface area contributed by atoms with E-state index in [1.54, 1.807) is 0 Å². The Bertz CT molecular complexity index is 515. The SMILES string of the molecule is [2H]c1cc(C([2H])([2H])[2H])c([2H])c2[nH]nnc12. The number of nitrogens with one attached hydrogen (secondary N) is 1. The average Bonchev–Trinajstić information content (AvgIpc) is 2.58. The van der Waals surface area contributed by atoms with Crippen molar-refractivity contribution < 1.29 is 6.85 Å². The van der Waals surface area contributed by atoms with Crippen LogP contribution in [0.3, 0.4) is 0 Å². The monoisotopic (exact) mass is 138 g/mol. The lowest BCUT2D eigenvalue weighted by Crippen LogP contribution is -1.71. The van der Waals surface area contributed by atoms with Gasteiger partial charge in [-0.15, -0.1) is 5.10 Å². The quantitative estimate of drug-likeness (QED) is 0.595. The van der Waals surface area contributed by atoms with Crippen molar-refractivity contribution in [2.45, 2.75) is 6.85 Å². The molecule has 1 heterocycles. The van der Waals surface area contributed by atoms with Crippen LogP contribution in [0.2, 0.25) is 0 Å². The molecule has 0 unspecified atom stereocenters. The van der Waals surface area contributed by atoms with Crippen molar-refractivity contribution in [2.24, 2.45) is 0 Å². The number of aromatic nitrogens is 3. The Kier molecular flexibility index (Phi) is 0.422. The summed E-state index contributed by atoms with van der Waals surface area (Å²) in [6.07, 6.45) is 0. The normalized spacial score (nSPS) is 19.0. The summed E-state index contributed by atoms with van der Waals surface area (Å²) in [5.41, 5.74) is 0.243. The minimum atomic E-state index is -2.40. The molecule has 10 heavy (non-hydrogen) atoms. The molecule has 0 aliphatic heterocycles. The average molecular weight is 138 g/mol. The lowest BCUT2D eigenvalue weighted by molar-refractivity contribution is 0.959. The topological polar surface area (TPSA) is 41.6 Å². The molecule has 0 saturated heterocycles. The summed E-state index contributed by atoms with van der Waals surface area (Å²) in [4.78, 5) is 0. The van der Waals surface area contributed by atoms with Gasteiger partial charge >= 0.3 is 0 Å². The Morgan fingerprint density at radius 2 is 2.80 bits per heavy atom. The number of rotatable bonds is 0. The lowest BCUT2D eigenvalue weighted by Gasteiger charge is -1.87. The molecule has 3 heteroatoms. The molecule has 0 spiro atoms. The number of H-pyrrole nitrogens is 1. The maximum absolute atomic E-state index is 7.65. The summed E-state index contributed by atoms with van der Waals surface area (Å²) in [5.74, 6) is 0. The van der Waals surface area contributed by atoms with Crippen molar-refractivity contribution in [3.8, 4) is 0 Å². The second-order valence-electron chi connectivity index (χ2n) is 1.86. The summed E-state index contributed by atoms with van der Waals surface area (Å²) in [6.45, 7) is -2.40. The van der Waals surface area contributed by atoms with Gasteiger partial charge in [-0.3, -0.25) is 5.10 Å². The zero-order valence-corrected chi connectivity index (χ0v) is 4.97. The Hall–Kier alpha value is -1.38. The van der Waals surface area contributed by atoms with Crippen molar-refractivity contribution in [2.75, 3.05) is 0 Å². The van der Waals surface area contributed by atoms with Gasteiger partial charge in [0.15, 0.2) is 0 Å². The predicted molar refractivity (Wildman–Crippen MR) is 38.6 cm³/mol. The largest absolute Gasteiger partial charge is 0.258 e. The molecule has 0 aliphatic rings. The second-order valence-corrected chi connectivity index (χ2v) is 1.86. The number of hydrogen-bond acceptors (Lipinski definition) is 2. The predicted octanol–water partition coefficient (Wildman–Crippen LogP) is 1.27. The van der Waals surface area contributed by atoms with Crippen LogP contribution in [0.15, 0.2) is 18.2 Å². The molecule has 2 rings (SSSR count). The Morgan fingerprint density at radius 3 is 3.70 bits per heavy atom. The molecule has 50 valence electrons. The first-order chi connectivity index (χ1) is 6.91. The second kappa shape index (κ2) is 1.80. The van der Waals surface area contributed by atoms with Crippen LogP contribution in [0.1, 0.15) is 12.4 Å². The van der Waals surface area contributed by atoms with Gasteiger partial charge in [0.05, 0.1) is 8.26 Å². The molecule has 0 radical (unpaired) electrons. The van der Waals surface area contributed by atoms with Crippen molar-refractivity contribution in [3.05, 3.63) is 23.7 Å². The van der Waals surface area contributed by atoms with Gasteiger partial charge in [0.25, 0.3) is 0 Å². The standard InChI is InChI=1S/C7H7N3/c1-5-2-3-6-7(4-5)9-10-8-6/h2-4H,1H3,(H,8,9,10)/i1D3,3D,4D. The summed E-state index contributed by atoms with van der Waals surface area (Å²) in [7, 11) is 0. The van der Waals surface area contributed by atoms with Gasteiger partial charge in [0.2, 0.25) is 0 Å². The van der Waals surface area contributed by atoms with Crippen LogP contribution in [0, 0.1) is 6.85 Å². The molecule has 3 nitrogen and oxygen atoms in total. The van der Waals surface area contributed by atoms with Crippen LogP contribution in [0.25, 0.3) is 11.0 Å². The Morgan fingerprint density at radius 1 is 1.80 bits per heavy atom. The van der Waals surface area contributed by atoms with Crippen molar-refractivity contribution in [1.29, 1.82) is 0 Å². The maximum atomic E-state index is 7.65. The van der Waals surface area contributed by atoms with Crippen molar-refractivity contribution >= 4 is 11.0 Å². The highest BCUT2D eigenvalue weighted by Crippen LogP contribution is 2.08. The van der Waals surface area contributed by atoms with Gasteiger partial charge in [-0.25, -0.2) is 0 Å². The van der Waals surface area contributed by atoms with Crippen LogP contribution < -0.4 is 0 Å². The summed E-state index contributed by atoms with van der Waals surface area (Å²) >= 11 is 0. The number of aromatic amines is 1. The first-order valence-corrected chi connectivity index (χ1v) is 2.72. The van der Waals surface area contributed by atoms with Gasteiger partial charge < -0.3 is 0 Å². The van der Waals surface area contributed by atoms with Gasteiger partial charge in [-0.1, -0.05) is 11.3 Å². The fraction of sp³-hybridized carbons (Fsp3) is 0.143. The maximum Gasteiger partial charge on any atom is 0.112 e. The van der Waals surface area contributed by atoms with E-state index in [4.69, 9.17) is 6.85 Å². The highest BCUT2D eigenvalue weighted by atomic mass is 15.3. The van der Waals surface area contributed by atoms with E-state index in [2.05, 4.69) is 15.4 Å². The molecule has 0 amide bonds. The summed E-state index contributed by atoms with van der Waals surface area (Å²) in [6, 6.07) is 0.923. The molecule has 2 aromatic rings. The fourth-order valence-corrected chi connectivity index (χ4v) is 0.727. The van der Waals surface area contributed by atoms with Crippen LogP contribution in [0.4, 0.5) is 0 Å². The summed E-state index contributed by atoms with van der Waals surface area (Å²) in [5, 5.41) is 9.48. The Labute approximate surface area is 65.1 Å².